The van der Waals surface area contributed by atoms with Crippen LogP contribution in [0.15, 0.2) is 30.9 Å². The van der Waals surface area contributed by atoms with E-state index in [1.54, 1.807) is 18.5 Å². The van der Waals surface area contributed by atoms with Gasteiger partial charge in [-0.1, -0.05) is 0 Å². The van der Waals surface area contributed by atoms with Crippen molar-refractivity contribution < 1.29 is 9.90 Å². The molecular weight excluding hydrogens is 276 g/mol. The van der Waals surface area contributed by atoms with Gasteiger partial charge in [0.1, 0.15) is 16.7 Å². The van der Waals surface area contributed by atoms with Crippen LogP contribution in [0.1, 0.15) is 20.2 Å². The van der Waals surface area contributed by atoms with Crippen molar-refractivity contribution in [2.75, 3.05) is 0 Å². The number of carbonyl (C=O) groups is 1. The molecule has 0 aromatic carbocycles. The molecule has 3 aromatic rings. The molecule has 3 rings (SSSR count). The quantitative estimate of drug-likeness (QED) is 0.788. The molecule has 100 valence electrons. The van der Waals surface area contributed by atoms with Gasteiger partial charge in [0.25, 0.3) is 0 Å². The Morgan fingerprint density at radius 1 is 1.20 bits per heavy atom. The molecule has 0 aliphatic carbocycles. The Morgan fingerprint density at radius 3 is 2.90 bits per heavy atom. The highest BCUT2D eigenvalue weighted by Gasteiger charge is 2.07. The van der Waals surface area contributed by atoms with E-state index in [0.29, 0.717) is 22.5 Å². The van der Waals surface area contributed by atoms with Crippen LogP contribution in [0.2, 0.25) is 0 Å². The Bertz CT molecular complexity index is 772. The van der Waals surface area contributed by atoms with E-state index >= 15 is 0 Å². The molecular formula is C13H10N4O2S. The average Bonchev–Trinajstić information content (AvgIpc) is 2.94. The molecule has 0 fully saturated rings. The highest BCUT2D eigenvalue weighted by molar-refractivity contribution is 7.13. The van der Waals surface area contributed by atoms with Crippen LogP contribution in [0, 0.1) is 0 Å². The molecule has 0 spiro atoms. The Balaban J connectivity index is 1.74. The number of aromatic nitrogens is 4. The molecule has 0 saturated carbocycles. The van der Waals surface area contributed by atoms with Crippen molar-refractivity contribution in [3.63, 3.8) is 0 Å². The fourth-order valence-electron chi connectivity index (χ4n) is 1.81. The largest absolute Gasteiger partial charge is 0.477 e. The highest BCUT2D eigenvalue weighted by atomic mass is 32.1. The van der Waals surface area contributed by atoms with Crippen LogP contribution in [0.5, 0.6) is 0 Å². The zero-order valence-electron chi connectivity index (χ0n) is 10.4. The first-order chi connectivity index (χ1) is 9.72. The summed E-state index contributed by atoms with van der Waals surface area (Å²) in [4.78, 5) is 28.8. The zero-order chi connectivity index (χ0) is 13.9. The van der Waals surface area contributed by atoms with Crippen molar-refractivity contribution in [3.05, 3.63) is 46.3 Å². The smallest absolute Gasteiger partial charge is 0.345 e. The van der Waals surface area contributed by atoms with Gasteiger partial charge in [-0.05, 0) is 25.0 Å². The molecule has 0 amide bonds. The van der Waals surface area contributed by atoms with Gasteiger partial charge in [0, 0.05) is 4.88 Å². The van der Waals surface area contributed by atoms with Gasteiger partial charge in [0.05, 0.1) is 18.1 Å². The number of fused-ring (bicyclic) bond motifs is 1. The summed E-state index contributed by atoms with van der Waals surface area (Å²) in [5.41, 5.74) is 2.09. The number of nitrogens with zero attached hydrogens (tertiary/aromatic N) is 4. The topological polar surface area (TPSA) is 88.9 Å². The predicted molar refractivity (Wildman–Crippen MR) is 73.8 cm³/mol. The van der Waals surface area contributed by atoms with E-state index in [9.17, 15) is 4.79 Å². The van der Waals surface area contributed by atoms with Gasteiger partial charge in [0.15, 0.2) is 5.65 Å². The molecule has 3 heterocycles. The summed E-state index contributed by atoms with van der Waals surface area (Å²) in [5, 5.41) is 8.88. The molecule has 0 radical (unpaired) electrons. The summed E-state index contributed by atoms with van der Waals surface area (Å²) in [6, 6.07) is 3.47. The zero-order valence-corrected chi connectivity index (χ0v) is 11.2. The molecule has 0 unspecified atom stereocenters. The molecule has 0 aliphatic rings. The van der Waals surface area contributed by atoms with Crippen molar-refractivity contribution in [3.8, 4) is 0 Å². The van der Waals surface area contributed by atoms with Gasteiger partial charge in [0.2, 0.25) is 0 Å². The van der Waals surface area contributed by atoms with Crippen LogP contribution in [0.25, 0.3) is 11.2 Å². The van der Waals surface area contributed by atoms with Crippen molar-refractivity contribution in [1.29, 1.82) is 0 Å². The first-order valence-corrected chi connectivity index (χ1v) is 6.77. The molecule has 0 atom stereocenters. The molecule has 3 aromatic heterocycles. The number of rotatable bonds is 4. The minimum Gasteiger partial charge on any atom is -0.477 e. The van der Waals surface area contributed by atoms with E-state index in [0.717, 1.165) is 17.0 Å². The maximum absolute atomic E-state index is 10.8. The monoisotopic (exact) mass is 286 g/mol. The number of carboxylic acid groups (broad SMARTS) is 1. The Kier molecular flexibility index (Phi) is 3.34. The van der Waals surface area contributed by atoms with Crippen LogP contribution in [0.4, 0.5) is 0 Å². The summed E-state index contributed by atoms with van der Waals surface area (Å²) in [6.45, 7) is 0. The Labute approximate surface area is 118 Å². The fourth-order valence-corrected chi connectivity index (χ4v) is 2.66. The van der Waals surface area contributed by atoms with Crippen LogP contribution >= 0.6 is 11.3 Å². The molecule has 7 heteroatoms. The van der Waals surface area contributed by atoms with Crippen LogP contribution in [-0.2, 0) is 12.8 Å². The van der Waals surface area contributed by atoms with E-state index in [4.69, 9.17) is 5.11 Å². The molecule has 1 N–H and O–H groups in total. The lowest BCUT2D eigenvalue weighted by atomic mass is 10.2. The van der Waals surface area contributed by atoms with Crippen LogP contribution in [-0.4, -0.2) is 31.0 Å². The second-order valence-corrected chi connectivity index (χ2v) is 5.33. The molecule has 6 nitrogen and oxygen atoms in total. The van der Waals surface area contributed by atoms with Crippen molar-refractivity contribution in [2.45, 2.75) is 12.8 Å². The Hall–Kier alpha value is -2.41. The third-order valence-electron chi connectivity index (χ3n) is 2.77. The Morgan fingerprint density at radius 2 is 2.10 bits per heavy atom. The normalized spacial score (nSPS) is 10.8. The second kappa shape index (κ2) is 5.30. The third-order valence-corrected chi connectivity index (χ3v) is 3.91. The van der Waals surface area contributed by atoms with E-state index in [1.165, 1.54) is 17.7 Å². The second-order valence-electron chi connectivity index (χ2n) is 4.16. The first kappa shape index (κ1) is 12.6. The average molecular weight is 286 g/mol. The fraction of sp³-hybridized carbons (Fsp3) is 0.154. The molecule has 0 bridgehead atoms. The number of aryl methyl sites for hydroxylation is 2. The van der Waals surface area contributed by atoms with Gasteiger partial charge in [-0.2, -0.15) is 0 Å². The van der Waals surface area contributed by atoms with E-state index in [2.05, 4.69) is 19.9 Å². The molecule has 0 saturated heterocycles. The summed E-state index contributed by atoms with van der Waals surface area (Å²) >= 11 is 1.29. The van der Waals surface area contributed by atoms with E-state index in [-0.39, 0.29) is 0 Å². The number of aromatic carboxylic acids is 1. The van der Waals surface area contributed by atoms with Gasteiger partial charge >= 0.3 is 5.97 Å². The van der Waals surface area contributed by atoms with E-state index in [1.807, 2.05) is 6.07 Å². The van der Waals surface area contributed by atoms with E-state index < -0.39 is 5.97 Å². The minimum atomic E-state index is -0.885. The minimum absolute atomic E-state index is 0.359. The summed E-state index contributed by atoms with van der Waals surface area (Å²) < 4.78 is 0. The van der Waals surface area contributed by atoms with Gasteiger partial charge in [-0.15, -0.1) is 11.3 Å². The third kappa shape index (κ3) is 2.62. The maximum Gasteiger partial charge on any atom is 0.345 e. The highest BCUT2D eigenvalue weighted by Crippen LogP contribution is 2.18. The summed E-state index contributed by atoms with van der Waals surface area (Å²) in [5.74, 6) is -0.885. The van der Waals surface area contributed by atoms with Gasteiger partial charge < -0.3 is 5.11 Å². The van der Waals surface area contributed by atoms with Crippen LogP contribution < -0.4 is 0 Å². The number of hydrogen-bond acceptors (Lipinski definition) is 6. The van der Waals surface area contributed by atoms with Gasteiger partial charge in [-0.3, -0.25) is 0 Å². The number of carboxylic acids is 1. The lowest BCUT2D eigenvalue weighted by molar-refractivity contribution is 0.0702. The van der Waals surface area contributed by atoms with Crippen molar-refractivity contribution in [2.24, 2.45) is 0 Å². The first-order valence-electron chi connectivity index (χ1n) is 5.96. The predicted octanol–water partition coefficient (Wildman–Crippen LogP) is 1.96. The lowest BCUT2D eigenvalue weighted by Crippen LogP contribution is -1.97. The summed E-state index contributed by atoms with van der Waals surface area (Å²) in [6.07, 6.45) is 6.21. The lowest BCUT2D eigenvalue weighted by Gasteiger charge is -2.00. The van der Waals surface area contributed by atoms with Crippen molar-refractivity contribution >= 4 is 28.5 Å². The molecule has 20 heavy (non-hydrogen) atoms. The van der Waals surface area contributed by atoms with Gasteiger partial charge in [-0.25, -0.2) is 24.7 Å². The maximum atomic E-state index is 10.8. The summed E-state index contributed by atoms with van der Waals surface area (Å²) in [7, 11) is 0. The standard InChI is InChI=1S/C13H10N4O2S/c18-13(19)11-4-3-9(20-11)2-1-8-5-15-12-10(17-8)6-14-7-16-12/h3-7H,1-2H2,(H,18,19). The number of thiophene rings is 1. The number of hydrogen-bond donors (Lipinski definition) is 1. The SMILES string of the molecule is O=C(O)c1ccc(CCc2cnc3ncncc3n2)s1. The molecule has 0 aliphatic heterocycles. The van der Waals surface area contributed by atoms with Crippen molar-refractivity contribution in [1.82, 2.24) is 19.9 Å². The van der Waals surface area contributed by atoms with Crippen LogP contribution in [0.3, 0.4) is 0 Å².